The Hall–Kier alpha value is -1.36. The van der Waals surface area contributed by atoms with Crippen molar-refractivity contribution in [2.24, 2.45) is 5.41 Å². The van der Waals surface area contributed by atoms with E-state index in [-0.39, 0.29) is 11.8 Å². The van der Waals surface area contributed by atoms with Gasteiger partial charge in [-0.3, -0.25) is 10.1 Å². The minimum atomic E-state index is -0.825. The fourth-order valence-electron chi connectivity index (χ4n) is 1.23. The number of nitrogens with one attached hydrogen (secondary N) is 1. The van der Waals surface area contributed by atoms with Crippen LogP contribution in [0.3, 0.4) is 0 Å². The Morgan fingerprint density at radius 1 is 1.56 bits per heavy atom. The highest BCUT2D eigenvalue weighted by Gasteiger charge is 2.45. The van der Waals surface area contributed by atoms with Crippen LogP contribution in [0.2, 0.25) is 0 Å². The minimum absolute atomic E-state index is 0.141. The van der Waals surface area contributed by atoms with Gasteiger partial charge in [-0.25, -0.2) is 0 Å². The first-order chi connectivity index (χ1) is 7.31. The molecule has 2 N–H and O–H groups in total. The van der Waals surface area contributed by atoms with Crippen LogP contribution < -0.4 is 5.32 Å². The topological polar surface area (TPSA) is 75.4 Å². The number of amides is 1. The summed E-state index contributed by atoms with van der Waals surface area (Å²) in [6, 6.07) is 1.58. The lowest BCUT2D eigenvalue weighted by Gasteiger charge is -2.15. The van der Waals surface area contributed by atoms with E-state index in [1.807, 2.05) is 20.8 Å². The lowest BCUT2D eigenvalue weighted by atomic mass is 9.96. The van der Waals surface area contributed by atoms with Crippen molar-refractivity contribution in [3.05, 3.63) is 11.8 Å². The molecule has 0 unspecified atom stereocenters. The molecular weight excluding hydrogens is 208 g/mol. The average molecular weight is 224 g/mol. The molecule has 1 aliphatic rings. The van der Waals surface area contributed by atoms with Crippen LogP contribution in [0.25, 0.3) is 0 Å². The SMILES string of the molecule is CC(C)(C)C(=O)Nc1cc(C2(O)CC2)no1. The van der Waals surface area contributed by atoms with E-state index in [0.717, 1.165) is 0 Å². The molecule has 1 fully saturated rings. The molecule has 0 spiro atoms. The van der Waals surface area contributed by atoms with Crippen LogP contribution in [-0.2, 0) is 10.4 Å². The van der Waals surface area contributed by atoms with E-state index < -0.39 is 11.0 Å². The molecule has 88 valence electrons. The number of nitrogens with zero attached hydrogens (tertiary/aromatic N) is 1. The van der Waals surface area contributed by atoms with E-state index in [0.29, 0.717) is 18.5 Å². The molecule has 2 rings (SSSR count). The van der Waals surface area contributed by atoms with E-state index >= 15 is 0 Å². The van der Waals surface area contributed by atoms with Crippen molar-refractivity contribution in [2.45, 2.75) is 39.2 Å². The molecule has 0 aliphatic heterocycles. The molecule has 0 saturated heterocycles. The Kier molecular flexibility index (Phi) is 2.31. The molecule has 0 atom stereocenters. The Morgan fingerprint density at radius 2 is 2.19 bits per heavy atom. The Labute approximate surface area is 93.8 Å². The summed E-state index contributed by atoms with van der Waals surface area (Å²) < 4.78 is 4.96. The Balaban J connectivity index is 2.06. The first kappa shape index (κ1) is 11.1. The van der Waals surface area contributed by atoms with Gasteiger partial charge in [-0.2, -0.15) is 0 Å². The zero-order valence-corrected chi connectivity index (χ0v) is 9.70. The summed E-state index contributed by atoms with van der Waals surface area (Å²) in [6.07, 6.45) is 1.40. The number of aromatic nitrogens is 1. The van der Waals surface area contributed by atoms with Crippen LogP contribution in [0.1, 0.15) is 39.3 Å². The van der Waals surface area contributed by atoms with Crippen molar-refractivity contribution in [2.75, 3.05) is 5.32 Å². The van der Waals surface area contributed by atoms with E-state index in [4.69, 9.17) is 4.52 Å². The molecule has 1 heterocycles. The number of anilines is 1. The van der Waals surface area contributed by atoms with Crippen molar-refractivity contribution in [3.63, 3.8) is 0 Å². The second-order valence-electron chi connectivity index (χ2n) is 5.31. The molecule has 1 aromatic rings. The Bertz CT molecular complexity index is 413. The summed E-state index contributed by atoms with van der Waals surface area (Å²) in [6.45, 7) is 5.44. The summed E-state index contributed by atoms with van der Waals surface area (Å²) in [5, 5.41) is 16.1. The van der Waals surface area contributed by atoms with Gasteiger partial charge >= 0.3 is 0 Å². The van der Waals surface area contributed by atoms with Gasteiger partial charge in [-0.1, -0.05) is 25.9 Å². The fourth-order valence-corrected chi connectivity index (χ4v) is 1.23. The molecule has 1 saturated carbocycles. The monoisotopic (exact) mass is 224 g/mol. The minimum Gasteiger partial charge on any atom is -0.383 e. The van der Waals surface area contributed by atoms with Gasteiger partial charge in [-0.05, 0) is 12.8 Å². The molecule has 0 radical (unpaired) electrons. The lowest BCUT2D eigenvalue weighted by molar-refractivity contribution is -0.123. The maximum Gasteiger partial charge on any atom is 0.232 e. The zero-order valence-electron chi connectivity index (χ0n) is 9.70. The predicted octanol–water partition coefficient (Wildman–Crippen LogP) is 1.64. The number of carbonyl (C=O) groups is 1. The average Bonchev–Trinajstić information content (AvgIpc) is 2.75. The summed E-state index contributed by atoms with van der Waals surface area (Å²) in [5.41, 5.74) is -0.811. The maximum absolute atomic E-state index is 11.6. The van der Waals surface area contributed by atoms with Gasteiger partial charge in [0.1, 0.15) is 11.3 Å². The van der Waals surface area contributed by atoms with Crippen LogP contribution in [0, 0.1) is 5.41 Å². The van der Waals surface area contributed by atoms with Crippen molar-refractivity contribution in [1.82, 2.24) is 5.16 Å². The number of hydrogen-bond donors (Lipinski definition) is 2. The number of rotatable bonds is 2. The Morgan fingerprint density at radius 3 is 2.69 bits per heavy atom. The molecule has 5 heteroatoms. The predicted molar refractivity (Wildman–Crippen MR) is 57.7 cm³/mol. The van der Waals surface area contributed by atoms with Gasteiger partial charge in [0.05, 0.1) is 0 Å². The standard InChI is InChI=1S/C11H16N2O3/c1-10(2,3)9(14)12-8-6-7(13-16-8)11(15)4-5-11/h6,15H,4-5H2,1-3H3,(H,12,14). The van der Waals surface area contributed by atoms with Crippen LogP contribution in [0.4, 0.5) is 5.88 Å². The summed E-state index contributed by atoms with van der Waals surface area (Å²) in [5.74, 6) is 0.147. The van der Waals surface area contributed by atoms with Gasteiger partial charge in [0.25, 0.3) is 0 Å². The molecule has 1 aliphatic carbocycles. The molecule has 1 aromatic heterocycles. The molecule has 0 bridgehead atoms. The smallest absolute Gasteiger partial charge is 0.232 e. The quantitative estimate of drug-likeness (QED) is 0.800. The highest BCUT2D eigenvalue weighted by molar-refractivity contribution is 5.93. The van der Waals surface area contributed by atoms with Crippen LogP contribution >= 0.6 is 0 Å². The second kappa shape index (κ2) is 3.31. The molecule has 16 heavy (non-hydrogen) atoms. The molecule has 1 amide bonds. The number of hydrogen-bond acceptors (Lipinski definition) is 4. The number of aliphatic hydroxyl groups is 1. The third-order valence-electron chi connectivity index (χ3n) is 2.63. The van der Waals surface area contributed by atoms with E-state index in [1.54, 1.807) is 6.07 Å². The zero-order chi connectivity index (χ0) is 12.0. The fraction of sp³-hybridized carbons (Fsp3) is 0.636. The first-order valence-corrected chi connectivity index (χ1v) is 5.32. The molecule has 5 nitrogen and oxygen atoms in total. The maximum atomic E-state index is 11.6. The van der Waals surface area contributed by atoms with Gasteiger partial charge in [0.15, 0.2) is 0 Å². The summed E-state index contributed by atoms with van der Waals surface area (Å²) in [7, 11) is 0. The largest absolute Gasteiger partial charge is 0.383 e. The first-order valence-electron chi connectivity index (χ1n) is 5.32. The third kappa shape index (κ3) is 2.09. The van der Waals surface area contributed by atoms with E-state index in [9.17, 15) is 9.90 Å². The van der Waals surface area contributed by atoms with Crippen LogP contribution in [0.5, 0.6) is 0 Å². The van der Waals surface area contributed by atoms with Crippen LogP contribution in [0.15, 0.2) is 10.6 Å². The van der Waals surface area contributed by atoms with Gasteiger partial charge in [-0.15, -0.1) is 0 Å². The normalized spacial score (nSPS) is 18.2. The number of carbonyl (C=O) groups excluding carboxylic acids is 1. The van der Waals surface area contributed by atoms with Gasteiger partial charge < -0.3 is 9.63 Å². The lowest BCUT2D eigenvalue weighted by Crippen LogP contribution is -2.27. The summed E-state index contributed by atoms with van der Waals surface area (Å²) >= 11 is 0. The third-order valence-corrected chi connectivity index (χ3v) is 2.63. The van der Waals surface area contributed by atoms with E-state index in [2.05, 4.69) is 10.5 Å². The van der Waals surface area contributed by atoms with Crippen LogP contribution in [-0.4, -0.2) is 16.2 Å². The second-order valence-corrected chi connectivity index (χ2v) is 5.31. The van der Waals surface area contributed by atoms with Crippen molar-refractivity contribution in [3.8, 4) is 0 Å². The van der Waals surface area contributed by atoms with Gasteiger partial charge in [0, 0.05) is 11.5 Å². The van der Waals surface area contributed by atoms with Crippen molar-refractivity contribution in [1.29, 1.82) is 0 Å². The summed E-state index contributed by atoms with van der Waals surface area (Å²) in [4.78, 5) is 11.6. The van der Waals surface area contributed by atoms with Crippen molar-refractivity contribution < 1.29 is 14.4 Å². The van der Waals surface area contributed by atoms with Crippen molar-refractivity contribution >= 4 is 11.8 Å². The van der Waals surface area contributed by atoms with Gasteiger partial charge in [0.2, 0.25) is 11.8 Å². The van der Waals surface area contributed by atoms with E-state index in [1.165, 1.54) is 0 Å². The molecule has 0 aromatic carbocycles. The highest BCUT2D eigenvalue weighted by atomic mass is 16.5. The molecular formula is C11H16N2O3. The highest BCUT2D eigenvalue weighted by Crippen LogP contribution is 2.45.